The van der Waals surface area contributed by atoms with E-state index in [0.29, 0.717) is 13.0 Å². The Bertz CT molecular complexity index is 670. The van der Waals surface area contributed by atoms with Crippen LogP contribution in [0, 0.1) is 0 Å². The van der Waals surface area contributed by atoms with E-state index >= 15 is 0 Å². The lowest BCUT2D eigenvalue weighted by atomic mass is 10.2. The number of benzene rings is 1. The molecule has 0 spiro atoms. The van der Waals surface area contributed by atoms with E-state index in [9.17, 15) is 26.4 Å². The van der Waals surface area contributed by atoms with Crippen LogP contribution in [0.1, 0.15) is 16.8 Å². The zero-order valence-corrected chi connectivity index (χ0v) is 12.7. The van der Waals surface area contributed by atoms with Gasteiger partial charge in [-0.05, 0) is 24.6 Å². The lowest BCUT2D eigenvalue weighted by Crippen LogP contribution is -2.35. The number of carbonyl (C=O) groups excluding carboxylic acids is 1. The first-order valence-corrected chi connectivity index (χ1v) is 8.21. The molecule has 1 heterocycles. The number of hydrogen-bond acceptors (Lipinski definition) is 4. The van der Waals surface area contributed by atoms with E-state index in [2.05, 4.69) is 4.72 Å². The molecule has 0 unspecified atom stereocenters. The Hall–Kier alpha value is -1.65. The highest BCUT2D eigenvalue weighted by molar-refractivity contribution is 7.89. The quantitative estimate of drug-likeness (QED) is 0.830. The molecule has 0 radical (unpaired) electrons. The first-order chi connectivity index (χ1) is 10.7. The normalized spacial score (nSPS) is 18.8. The Morgan fingerprint density at radius 3 is 2.70 bits per heavy atom. The maximum Gasteiger partial charge on any atom is 0.405 e. The van der Waals surface area contributed by atoms with E-state index in [-0.39, 0.29) is 23.1 Å². The molecule has 6 nitrogen and oxygen atoms in total. The fraction of sp³-hybridized carbons (Fsp3) is 0.462. The molecule has 0 aromatic heterocycles. The Morgan fingerprint density at radius 2 is 2.09 bits per heavy atom. The van der Waals surface area contributed by atoms with Crippen molar-refractivity contribution in [3.05, 3.63) is 29.8 Å². The van der Waals surface area contributed by atoms with Gasteiger partial charge in [-0.1, -0.05) is 6.07 Å². The molecule has 1 aliphatic rings. The first-order valence-electron chi connectivity index (χ1n) is 6.72. The third-order valence-electron chi connectivity index (χ3n) is 3.11. The molecule has 2 rings (SSSR count). The van der Waals surface area contributed by atoms with Crippen LogP contribution in [0.4, 0.5) is 13.2 Å². The van der Waals surface area contributed by atoms with E-state index in [1.807, 2.05) is 0 Å². The predicted octanol–water partition coefficient (Wildman–Crippen LogP) is 1.05. The maximum absolute atomic E-state index is 12.2. The van der Waals surface area contributed by atoms with Crippen LogP contribution in [-0.2, 0) is 14.8 Å². The van der Waals surface area contributed by atoms with Crippen molar-refractivity contribution in [2.24, 2.45) is 0 Å². The third-order valence-corrected chi connectivity index (χ3v) is 4.63. The molecule has 10 heteroatoms. The number of rotatable bonds is 5. The zero-order chi connectivity index (χ0) is 17.1. The van der Waals surface area contributed by atoms with Gasteiger partial charge in [0.2, 0.25) is 10.0 Å². The Labute approximate surface area is 131 Å². The summed E-state index contributed by atoms with van der Waals surface area (Å²) in [5.41, 5.74) is -0.167. The summed E-state index contributed by atoms with van der Waals surface area (Å²) >= 11 is 0. The summed E-state index contributed by atoms with van der Waals surface area (Å²) in [4.78, 5) is 11.5. The van der Waals surface area contributed by atoms with E-state index in [1.54, 1.807) is 5.32 Å². The maximum atomic E-state index is 12.2. The fourth-order valence-electron chi connectivity index (χ4n) is 2.00. The average molecular weight is 352 g/mol. The highest BCUT2D eigenvalue weighted by Gasteiger charge is 2.28. The van der Waals surface area contributed by atoms with Crippen molar-refractivity contribution in [3.63, 3.8) is 0 Å². The fourth-order valence-corrected chi connectivity index (χ4v) is 3.30. The standard InChI is InChI=1S/C13H15F3N2O4S/c14-13(15,16)8-17-12(19)9-2-1-3-11(6-9)23(20,21)18-10-4-5-22-7-10/h1-3,6,10,18H,4-5,7-8H2,(H,17,19)/t10-/m1/s1. The zero-order valence-electron chi connectivity index (χ0n) is 11.9. The van der Waals surface area contributed by atoms with Gasteiger partial charge < -0.3 is 10.1 Å². The summed E-state index contributed by atoms with van der Waals surface area (Å²) in [5.74, 6) is -0.997. The van der Waals surface area contributed by atoms with Crippen LogP contribution in [0.2, 0.25) is 0 Å². The average Bonchev–Trinajstić information content (AvgIpc) is 2.96. The van der Waals surface area contributed by atoms with Crippen molar-refractivity contribution in [2.45, 2.75) is 23.5 Å². The van der Waals surface area contributed by atoms with Gasteiger partial charge in [0.25, 0.3) is 5.91 Å². The molecule has 1 aromatic carbocycles. The van der Waals surface area contributed by atoms with Gasteiger partial charge in [0.1, 0.15) is 6.54 Å². The number of nitrogens with one attached hydrogen (secondary N) is 2. The topological polar surface area (TPSA) is 84.5 Å². The van der Waals surface area contributed by atoms with Gasteiger partial charge in [0.15, 0.2) is 0 Å². The number of halogens is 3. The lowest BCUT2D eigenvalue weighted by molar-refractivity contribution is -0.123. The van der Waals surface area contributed by atoms with Crippen LogP contribution in [0.25, 0.3) is 0 Å². The molecular weight excluding hydrogens is 337 g/mol. The number of ether oxygens (including phenoxy) is 1. The van der Waals surface area contributed by atoms with Crippen molar-refractivity contribution in [3.8, 4) is 0 Å². The molecule has 1 aromatic rings. The molecule has 23 heavy (non-hydrogen) atoms. The van der Waals surface area contributed by atoms with Crippen molar-refractivity contribution in [1.29, 1.82) is 0 Å². The largest absolute Gasteiger partial charge is 0.405 e. The van der Waals surface area contributed by atoms with E-state index in [0.717, 1.165) is 6.07 Å². The second-order valence-corrected chi connectivity index (χ2v) is 6.72. The number of alkyl halides is 3. The van der Waals surface area contributed by atoms with Gasteiger partial charge in [-0.3, -0.25) is 4.79 Å². The number of sulfonamides is 1. The Morgan fingerprint density at radius 1 is 1.35 bits per heavy atom. The molecule has 0 aliphatic carbocycles. The van der Waals surface area contributed by atoms with Gasteiger partial charge in [0, 0.05) is 18.2 Å². The molecule has 128 valence electrons. The third kappa shape index (κ3) is 5.19. The SMILES string of the molecule is O=C(NCC(F)(F)F)c1cccc(S(=O)(=O)N[C@@H]2CCOC2)c1. The summed E-state index contributed by atoms with van der Waals surface area (Å²) in [6, 6.07) is 4.47. The molecule has 0 saturated carbocycles. The summed E-state index contributed by atoms with van der Waals surface area (Å²) in [7, 11) is -3.88. The molecular formula is C13H15F3N2O4S. The summed E-state index contributed by atoms with van der Waals surface area (Å²) < 4.78 is 68.2. The highest BCUT2D eigenvalue weighted by Crippen LogP contribution is 2.16. The van der Waals surface area contributed by atoms with Gasteiger partial charge >= 0.3 is 6.18 Å². The van der Waals surface area contributed by atoms with Crippen molar-refractivity contribution in [1.82, 2.24) is 10.0 Å². The summed E-state index contributed by atoms with van der Waals surface area (Å²) in [6.07, 6.45) is -4.01. The van der Waals surface area contributed by atoms with Gasteiger partial charge in [-0.25, -0.2) is 13.1 Å². The number of carbonyl (C=O) groups is 1. The van der Waals surface area contributed by atoms with Crippen LogP contribution in [-0.4, -0.2) is 46.3 Å². The van der Waals surface area contributed by atoms with Gasteiger partial charge in [-0.15, -0.1) is 0 Å². The number of hydrogen-bond donors (Lipinski definition) is 2. The molecule has 1 saturated heterocycles. The van der Waals surface area contributed by atoms with Crippen molar-refractivity contribution < 1.29 is 31.1 Å². The predicted molar refractivity (Wildman–Crippen MR) is 74.4 cm³/mol. The van der Waals surface area contributed by atoms with Gasteiger partial charge in [-0.2, -0.15) is 13.2 Å². The summed E-state index contributed by atoms with van der Waals surface area (Å²) in [5, 5.41) is 1.69. The monoisotopic (exact) mass is 352 g/mol. The highest BCUT2D eigenvalue weighted by atomic mass is 32.2. The Balaban J connectivity index is 2.10. The number of amides is 1. The van der Waals surface area contributed by atoms with Crippen LogP contribution in [0.15, 0.2) is 29.2 Å². The second kappa shape index (κ2) is 6.85. The molecule has 1 fully saturated rings. The van der Waals surface area contributed by atoms with Crippen molar-refractivity contribution >= 4 is 15.9 Å². The van der Waals surface area contributed by atoms with Gasteiger partial charge in [0.05, 0.1) is 11.5 Å². The minimum absolute atomic E-state index is 0.167. The molecule has 2 N–H and O–H groups in total. The first kappa shape index (κ1) is 17.7. The van der Waals surface area contributed by atoms with E-state index in [1.165, 1.54) is 18.2 Å². The van der Waals surface area contributed by atoms with Crippen LogP contribution >= 0.6 is 0 Å². The molecule has 0 bridgehead atoms. The molecule has 1 aliphatic heterocycles. The van der Waals surface area contributed by atoms with E-state index < -0.39 is 28.7 Å². The Kier molecular flexibility index (Phi) is 5.27. The van der Waals surface area contributed by atoms with Crippen LogP contribution < -0.4 is 10.0 Å². The minimum Gasteiger partial charge on any atom is -0.380 e. The van der Waals surface area contributed by atoms with E-state index in [4.69, 9.17) is 4.74 Å². The molecule has 1 atom stereocenters. The minimum atomic E-state index is -4.54. The summed E-state index contributed by atoms with van der Waals surface area (Å²) in [6.45, 7) is -0.779. The second-order valence-electron chi connectivity index (χ2n) is 5.01. The van der Waals surface area contributed by atoms with Crippen LogP contribution in [0.5, 0.6) is 0 Å². The van der Waals surface area contributed by atoms with Crippen LogP contribution in [0.3, 0.4) is 0 Å². The van der Waals surface area contributed by atoms with Crippen molar-refractivity contribution in [2.75, 3.05) is 19.8 Å². The smallest absolute Gasteiger partial charge is 0.380 e. The lowest BCUT2D eigenvalue weighted by Gasteiger charge is -2.12. The molecule has 1 amide bonds.